The van der Waals surface area contributed by atoms with Gasteiger partial charge in [0, 0.05) is 31.2 Å². The van der Waals surface area contributed by atoms with Crippen LogP contribution in [0, 0.1) is 0 Å². The van der Waals surface area contributed by atoms with Crippen molar-refractivity contribution >= 4 is 22.5 Å². The lowest BCUT2D eigenvalue weighted by atomic mass is 10.1. The molecule has 1 amide bonds. The number of amides is 1. The molecule has 0 aliphatic carbocycles. The molecule has 0 unspecified atom stereocenters. The van der Waals surface area contributed by atoms with Crippen LogP contribution >= 0.6 is 0 Å². The minimum Gasteiger partial charge on any atom is -0.370 e. The number of benzene rings is 1. The van der Waals surface area contributed by atoms with Crippen molar-refractivity contribution < 1.29 is 4.79 Å². The first-order valence-electron chi connectivity index (χ1n) is 7.13. The van der Waals surface area contributed by atoms with Crippen molar-refractivity contribution in [2.24, 2.45) is 0 Å². The van der Waals surface area contributed by atoms with Gasteiger partial charge >= 0.3 is 0 Å². The van der Waals surface area contributed by atoms with Crippen LogP contribution in [0.15, 0.2) is 30.5 Å². The Morgan fingerprint density at radius 3 is 2.40 bits per heavy atom. The smallest absolute Gasteiger partial charge is 0.256 e. The molecule has 0 saturated carbocycles. The molecular weight excluding hydrogens is 250 g/mol. The molecule has 1 N–H and O–H groups in total. The maximum Gasteiger partial charge on any atom is 0.256 e. The van der Waals surface area contributed by atoms with E-state index in [1.165, 1.54) is 0 Å². The largest absolute Gasteiger partial charge is 0.370 e. The van der Waals surface area contributed by atoms with Gasteiger partial charge in [-0.3, -0.25) is 4.79 Å². The zero-order valence-electron chi connectivity index (χ0n) is 12.3. The number of anilines is 1. The molecule has 20 heavy (non-hydrogen) atoms. The molecule has 2 aromatic rings. The highest BCUT2D eigenvalue weighted by molar-refractivity contribution is 6.09. The lowest BCUT2D eigenvalue weighted by Gasteiger charge is -2.20. The van der Waals surface area contributed by atoms with Crippen LogP contribution in [0.2, 0.25) is 0 Å². The zero-order valence-corrected chi connectivity index (χ0v) is 12.3. The molecule has 1 heterocycles. The topological polar surface area (TPSA) is 45.2 Å². The molecule has 0 bridgehead atoms. The number of hydrogen-bond donors (Lipinski definition) is 1. The van der Waals surface area contributed by atoms with E-state index in [4.69, 9.17) is 0 Å². The van der Waals surface area contributed by atoms with E-state index in [0.29, 0.717) is 18.7 Å². The summed E-state index contributed by atoms with van der Waals surface area (Å²) >= 11 is 0. The van der Waals surface area contributed by atoms with Gasteiger partial charge in [-0.1, -0.05) is 24.3 Å². The Labute approximate surface area is 119 Å². The second kappa shape index (κ2) is 6.37. The van der Waals surface area contributed by atoms with Crippen LogP contribution in [0.4, 0.5) is 5.82 Å². The summed E-state index contributed by atoms with van der Waals surface area (Å²) in [6.07, 6.45) is 1.68. The minimum absolute atomic E-state index is 0.0433. The maximum absolute atomic E-state index is 12.6. The van der Waals surface area contributed by atoms with Gasteiger partial charge in [0.1, 0.15) is 5.82 Å². The fourth-order valence-corrected chi connectivity index (χ4v) is 2.35. The SMILES string of the molecule is CCNc1ncc(C(=O)N(CC)CC)c2ccccc12. The summed E-state index contributed by atoms with van der Waals surface area (Å²) in [4.78, 5) is 18.8. The Morgan fingerprint density at radius 1 is 1.15 bits per heavy atom. The molecule has 1 aromatic carbocycles. The summed E-state index contributed by atoms with van der Waals surface area (Å²) < 4.78 is 0. The van der Waals surface area contributed by atoms with Gasteiger partial charge in [0.25, 0.3) is 5.91 Å². The van der Waals surface area contributed by atoms with Crippen LogP contribution in [0.1, 0.15) is 31.1 Å². The lowest BCUT2D eigenvalue weighted by Crippen LogP contribution is -2.30. The fourth-order valence-electron chi connectivity index (χ4n) is 2.35. The Balaban J connectivity index is 2.55. The molecule has 4 nitrogen and oxygen atoms in total. The number of pyridine rings is 1. The van der Waals surface area contributed by atoms with Crippen LogP contribution in [0.3, 0.4) is 0 Å². The van der Waals surface area contributed by atoms with Crippen molar-refractivity contribution in [2.45, 2.75) is 20.8 Å². The van der Waals surface area contributed by atoms with E-state index in [9.17, 15) is 4.79 Å². The number of carbonyl (C=O) groups excluding carboxylic acids is 1. The van der Waals surface area contributed by atoms with Gasteiger partial charge in [0.05, 0.1) is 5.56 Å². The van der Waals surface area contributed by atoms with Gasteiger partial charge in [-0.25, -0.2) is 4.98 Å². The third-order valence-electron chi connectivity index (χ3n) is 3.42. The van der Waals surface area contributed by atoms with Gasteiger partial charge in [0.15, 0.2) is 0 Å². The predicted molar refractivity (Wildman–Crippen MR) is 83.2 cm³/mol. The number of carbonyl (C=O) groups is 1. The second-order valence-corrected chi connectivity index (χ2v) is 4.57. The lowest BCUT2D eigenvalue weighted by molar-refractivity contribution is 0.0774. The van der Waals surface area contributed by atoms with E-state index in [2.05, 4.69) is 10.3 Å². The average Bonchev–Trinajstić information content (AvgIpc) is 2.49. The molecule has 0 saturated heterocycles. The molecule has 1 aromatic heterocycles. The van der Waals surface area contributed by atoms with E-state index in [-0.39, 0.29) is 5.91 Å². The predicted octanol–water partition coefficient (Wildman–Crippen LogP) is 3.15. The normalized spacial score (nSPS) is 10.6. The summed E-state index contributed by atoms with van der Waals surface area (Å²) in [6.45, 7) is 8.23. The summed E-state index contributed by atoms with van der Waals surface area (Å²) in [5, 5.41) is 5.18. The first kappa shape index (κ1) is 14.3. The van der Waals surface area contributed by atoms with E-state index in [1.54, 1.807) is 6.20 Å². The van der Waals surface area contributed by atoms with Crippen LogP contribution < -0.4 is 5.32 Å². The number of aromatic nitrogens is 1. The molecule has 2 rings (SSSR count). The average molecular weight is 271 g/mol. The van der Waals surface area contributed by atoms with Crippen LogP contribution in [-0.2, 0) is 0 Å². The van der Waals surface area contributed by atoms with Gasteiger partial charge < -0.3 is 10.2 Å². The monoisotopic (exact) mass is 271 g/mol. The Kier molecular flexibility index (Phi) is 4.56. The molecule has 106 valence electrons. The number of hydrogen-bond acceptors (Lipinski definition) is 3. The number of nitrogens with zero attached hydrogens (tertiary/aromatic N) is 2. The van der Waals surface area contributed by atoms with Crippen molar-refractivity contribution in [1.29, 1.82) is 0 Å². The first-order valence-corrected chi connectivity index (χ1v) is 7.13. The Hall–Kier alpha value is -2.10. The molecule has 0 aliphatic heterocycles. The van der Waals surface area contributed by atoms with Gasteiger partial charge in [-0.2, -0.15) is 0 Å². The van der Waals surface area contributed by atoms with E-state index < -0.39 is 0 Å². The number of nitrogens with one attached hydrogen (secondary N) is 1. The van der Waals surface area contributed by atoms with Crippen LogP contribution in [0.5, 0.6) is 0 Å². The van der Waals surface area contributed by atoms with Crippen LogP contribution in [0.25, 0.3) is 10.8 Å². The van der Waals surface area contributed by atoms with Gasteiger partial charge in [-0.15, -0.1) is 0 Å². The highest BCUT2D eigenvalue weighted by Crippen LogP contribution is 2.25. The highest BCUT2D eigenvalue weighted by atomic mass is 16.2. The summed E-state index contributed by atoms with van der Waals surface area (Å²) in [5.41, 5.74) is 0.672. The zero-order chi connectivity index (χ0) is 14.5. The molecule has 0 atom stereocenters. The molecule has 4 heteroatoms. The van der Waals surface area contributed by atoms with Gasteiger partial charge in [0.2, 0.25) is 0 Å². The third kappa shape index (κ3) is 2.59. The van der Waals surface area contributed by atoms with E-state index >= 15 is 0 Å². The molecule has 0 aliphatic rings. The fraction of sp³-hybridized carbons (Fsp3) is 0.375. The van der Waals surface area contributed by atoms with Crippen molar-refractivity contribution in [2.75, 3.05) is 25.0 Å². The second-order valence-electron chi connectivity index (χ2n) is 4.57. The van der Waals surface area contributed by atoms with Crippen molar-refractivity contribution in [3.8, 4) is 0 Å². The number of fused-ring (bicyclic) bond motifs is 1. The Morgan fingerprint density at radius 2 is 1.80 bits per heavy atom. The first-order chi connectivity index (χ1) is 9.72. The van der Waals surface area contributed by atoms with Crippen molar-refractivity contribution in [3.63, 3.8) is 0 Å². The minimum atomic E-state index is 0.0433. The maximum atomic E-state index is 12.6. The highest BCUT2D eigenvalue weighted by Gasteiger charge is 2.17. The third-order valence-corrected chi connectivity index (χ3v) is 3.42. The molecule has 0 radical (unpaired) electrons. The standard InChI is InChI=1S/C16H21N3O/c1-4-17-15-13-10-8-7-9-12(13)14(11-18-15)16(20)19(5-2)6-3/h7-11H,4-6H2,1-3H3,(H,17,18). The summed E-state index contributed by atoms with van der Waals surface area (Å²) in [5.74, 6) is 0.876. The molecule has 0 spiro atoms. The summed E-state index contributed by atoms with van der Waals surface area (Å²) in [7, 11) is 0. The van der Waals surface area contributed by atoms with Crippen LogP contribution in [-0.4, -0.2) is 35.4 Å². The number of rotatable bonds is 5. The van der Waals surface area contributed by atoms with Crippen molar-refractivity contribution in [1.82, 2.24) is 9.88 Å². The summed E-state index contributed by atoms with van der Waals surface area (Å²) in [6, 6.07) is 7.90. The molecular formula is C16H21N3O. The molecule has 0 fully saturated rings. The van der Waals surface area contributed by atoms with E-state index in [1.807, 2.05) is 49.9 Å². The van der Waals surface area contributed by atoms with E-state index in [0.717, 1.165) is 23.1 Å². The quantitative estimate of drug-likeness (QED) is 0.908. The van der Waals surface area contributed by atoms with Crippen molar-refractivity contribution in [3.05, 3.63) is 36.0 Å². The van der Waals surface area contributed by atoms with Gasteiger partial charge in [-0.05, 0) is 26.2 Å². The Bertz CT molecular complexity index is 606.